The lowest BCUT2D eigenvalue weighted by molar-refractivity contribution is 0.0697. The smallest absolute Gasteiger partial charge is 0.337 e. The summed E-state index contributed by atoms with van der Waals surface area (Å²) in [6.07, 6.45) is 0.548. The zero-order chi connectivity index (χ0) is 13.5. The van der Waals surface area contributed by atoms with Gasteiger partial charge in [-0.3, -0.25) is 4.31 Å². The molecule has 0 amide bonds. The molecule has 18 heavy (non-hydrogen) atoms. The van der Waals surface area contributed by atoms with Gasteiger partial charge in [0, 0.05) is 6.54 Å². The lowest BCUT2D eigenvalue weighted by Gasteiger charge is -2.18. The minimum Gasteiger partial charge on any atom is -0.478 e. The van der Waals surface area contributed by atoms with Crippen molar-refractivity contribution in [2.24, 2.45) is 0 Å². The number of carbonyl (C=O) groups is 1. The van der Waals surface area contributed by atoms with Crippen LogP contribution in [0.2, 0.25) is 5.02 Å². The molecule has 0 aromatic heterocycles. The van der Waals surface area contributed by atoms with Crippen LogP contribution < -0.4 is 4.31 Å². The average molecular weight is 290 g/mol. The van der Waals surface area contributed by atoms with Crippen molar-refractivity contribution in [3.8, 4) is 0 Å². The number of carboxylic acids is 1. The van der Waals surface area contributed by atoms with E-state index in [9.17, 15) is 13.2 Å². The Labute approximate surface area is 110 Å². The van der Waals surface area contributed by atoms with Crippen molar-refractivity contribution in [1.29, 1.82) is 0 Å². The van der Waals surface area contributed by atoms with Crippen molar-refractivity contribution in [1.82, 2.24) is 0 Å². The standard InChI is InChI=1S/C11H12ClNO4S/c1-7-5-8(6-9(10(7)12)11(14)15)13-3-2-4-18(13,16)17/h5-6H,2-4H2,1H3,(H,14,15). The molecular formula is C11H12ClNO4S. The zero-order valence-corrected chi connectivity index (χ0v) is 11.3. The van der Waals surface area contributed by atoms with E-state index in [1.807, 2.05) is 0 Å². The van der Waals surface area contributed by atoms with Crippen LogP contribution in [0.15, 0.2) is 12.1 Å². The van der Waals surface area contributed by atoms with Crippen LogP contribution in [-0.2, 0) is 10.0 Å². The van der Waals surface area contributed by atoms with Crippen molar-refractivity contribution in [3.05, 3.63) is 28.3 Å². The quantitative estimate of drug-likeness (QED) is 0.902. The second-order valence-electron chi connectivity index (χ2n) is 4.17. The molecule has 1 aliphatic heterocycles. The van der Waals surface area contributed by atoms with Crippen LogP contribution in [-0.4, -0.2) is 31.8 Å². The van der Waals surface area contributed by atoms with Gasteiger partial charge in [0.05, 0.1) is 22.0 Å². The number of anilines is 1. The van der Waals surface area contributed by atoms with Gasteiger partial charge in [-0.2, -0.15) is 0 Å². The zero-order valence-electron chi connectivity index (χ0n) is 9.68. The Bertz CT molecular complexity index is 612. The summed E-state index contributed by atoms with van der Waals surface area (Å²) in [6, 6.07) is 2.90. The summed E-state index contributed by atoms with van der Waals surface area (Å²) < 4.78 is 24.8. The van der Waals surface area contributed by atoms with Crippen LogP contribution in [0.3, 0.4) is 0 Å². The van der Waals surface area contributed by atoms with Crippen LogP contribution >= 0.6 is 11.6 Å². The van der Waals surface area contributed by atoms with Crippen molar-refractivity contribution in [3.63, 3.8) is 0 Å². The number of sulfonamides is 1. The molecule has 1 saturated heterocycles. The number of aromatic carboxylic acids is 1. The summed E-state index contributed by atoms with van der Waals surface area (Å²) in [5.74, 6) is -1.07. The summed E-state index contributed by atoms with van der Waals surface area (Å²) in [6.45, 7) is 2.03. The second kappa shape index (κ2) is 4.44. The number of halogens is 1. The largest absolute Gasteiger partial charge is 0.478 e. The number of nitrogens with zero attached hydrogens (tertiary/aromatic N) is 1. The Kier molecular flexibility index (Phi) is 3.25. The van der Waals surface area contributed by atoms with E-state index in [0.29, 0.717) is 24.2 Å². The molecular weight excluding hydrogens is 278 g/mol. The van der Waals surface area contributed by atoms with Gasteiger partial charge in [0.15, 0.2) is 0 Å². The van der Waals surface area contributed by atoms with Crippen molar-refractivity contribution < 1.29 is 18.3 Å². The van der Waals surface area contributed by atoms with Gasteiger partial charge in [0.1, 0.15) is 0 Å². The molecule has 1 aliphatic rings. The molecule has 1 fully saturated rings. The highest BCUT2D eigenvalue weighted by Gasteiger charge is 2.29. The van der Waals surface area contributed by atoms with Crippen LogP contribution in [0.25, 0.3) is 0 Å². The maximum absolute atomic E-state index is 11.8. The molecule has 1 aromatic carbocycles. The normalized spacial score (nSPS) is 18.0. The van der Waals surface area contributed by atoms with Crippen molar-refractivity contribution in [2.75, 3.05) is 16.6 Å². The van der Waals surface area contributed by atoms with Gasteiger partial charge in [-0.15, -0.1) is 0 Å². The predicted molar refractivity (Wildman–Crippen MR) is 68.9 cm³/mol. The third kappa shape index (κ3) is 2.18. The van der Waals surface area contributed by atoms with E-state index >= 15 is 0 Å². The van der Waals surface area contributed by atoms with Crippen LogP contribution in [0, 0.1) is 6.92 Å². The number of hydrogen-bond donors (Lipinski definition) is 1. The third-order valence-corrected chi connectivity index (χ3v) is 5.23. The molecule has 0 aliphatic carbocycles. The first kappa shape index (κ1) is 13.2. The van der Waals surface area contributed by atoms with E-state index in [1.165, 1.54) is 10.4 Å². The minimum absolute atomic E-state index is 0.0752. The SMILES string of the molecule is Cc1cc(N2CCCS2(=O)=O)cc(C(=O)O)c1Cl. The number of hydrogen-bond acceptors (Lipinski definition) is 3. The molecule has 0 spiro atoms. The number of benzene rings is 1. The van der Waals surface area contributed by atoms with Gasteiger partial charge >= 0.3 is 5.97 Å². The fourth-order valence-corrected chi connectivity index (χ4v) is 3.72. The van der Waals surface area contributed by atoms with Gasteiger partial charge in [-0.25, -0.2) is 13.2 Å². The highest BCUT2D eigenvalue weighted by Crippen LogP contribution is 2.31. The van der Waals surface area contributed by atoms with E-state index in [0.717, 1.165) is 0 Å². The van der Waals surface area contributed by atoms with Gasteiger partial charge in [0.2, 0.25) is 10.0 Å². The molecule has 0 radical (unpaired) electrons. The monoisotopic (exact) mass is 289 g/mol. The van der Waals surface area contributed by atoms with Gasteiger partial charge in [-0.1, -0.05) is 11.6 Å². The fraction of sp³-hybridized carbons (Fsp3) is 0.364. The maximum Gasteiger partial charge on any atom is 0.337 e. The van der Waals surface area contributed by atoms with Gasteiger partial charge < -0.3 is 5.11 Å². The molecule has 0 bridgehead atoms. The molecule has 0 unspecified atom stereocenters. The van der Waals surface area contributed by atoms with Crippen LogP contribution in [0.1, 0.15) is 22.3 Å². The summed E-state index contributed by atoms with van der Waals surface area (Å²) in [5, 5.41) is 9.18. The van der Waals surface area contributed by atoms with Crippen molar-refractivity contribution in [2.45, 2.75) is 13.3 Å². The van der Waals surface area contributed by atoms with Crippen LogP contribution in [0.4, 0.5) is 5.69 Å². The Balaban J connectivity index is 2.56. The molecule has 98 valence electrons. The lowest BCUT2D eigenvalue weighted by atomic mass is 10.1. The maximum atomic E-state index is 11.8. The molecule has 7 heteroatoms. The van der Waals surface area contributed by atoms with Crippen LogP contribution in [0.5, 0.6) is 0 Å². The Morgan fingerprint density at radius 1 is 1.44 bits per heavy atom. The third-order valence-electron chi connectivity index (χ3n) is 2.86. The van der Waals surface area contributed by atoms with Gasteiger partial charge in [0.25, 0.3) is 0 Å². The minimum atomic E-state index is -3.31. The molecule has 1 heterocycles. The van der Waals surface area contributed by atoms with E-state index < -0.39 is 16.0 Å². The predicted octanol–water partition coefficient (Wildman–Crippen LogP) is 1.89. The highest BCUT2D eigenvalue weighted by atomic mass is 35.5. The topological polar surface area (TPSA) is 74.7 Å². The summed E-state index contributed by atoms with van der Waals surface area (Å²) in [5.41, 5.74) is 0.842. The Morgan fingerprint density at radius 2 is 2.11 bits per heavy atom. The Hall–Kier alpha value is -1.27. The van der Waals surface area contributed by atoms with Crippen molar-refractivity contribution >= 4 is 33.3 Å². The molecule has 1 N–H and O–H groups in total. The molecule has 2 rings (SSSR count). The summed E-state index contributed by atoms with van der Waals surface area (Å²) in [7, 11) is -3.31. The number of aryl methyl sites for hydroxylation is 1. The number of rotatable bonds is 2. The molecule has 0 saturated carbocycles. The van der Waals surface area contributed by atoms with E-state index in [1.54, 1.807) is 13.0 Å². The van der Waals surface area contributed by atoms with E-state index in [-0.39, 0.29) is 16.3 Å². The Morgan fingerprint density at radius 3 is 2.61 bits per heavy atom. The molecule has 1 aromatic rings. The van der Waals surface area contributed by atoms with E-state index in [2.05, 4.69) is 0 Å². The highest BCUT2D eigenvalue weighted by molar-refractivity contribution is 7.93. The summed E-state index contributed by atoms with van der Waals surface area (Å²) in [4.78, 5) is 11.1. The lowest BCUT2D eigenvalue weighted by Crippen LogP contribution is -2.25. The average Bonchev–Trinajstić information content (AvgIpc) is 2.61. The summed E-state index contributed by atoms with van der Waals surface area (Å²) >= 11 is 5.89. The first-order valence-electron chi connectivity index (χ1n) is 5.37. The van der Waals surface area contributed by atoms with E-state index in [4.69, 9.17) is 16.7 Å². The fourth-order valence-electron chi connectivity index (χ4n) is 1.98. The molecule has 5 nitrogen and oxygen atoms in total. The first-order chi connectivity index (χ1) is 8.33. The second-order valence-corrected chi connectivity index (χ2v) is 6.56. The van der Waals surface area contributed by atoms with Gasteiger partial charge in [-0.05, 0) is 31.0 Å². The number of carboxylic acid groups (broad SMARTS) is 1. The first-order valence-corrected chi connectivity index (χ1v) is 7.35. The molecule has 0 atom stereocenters.